The second kappa shape index (κ2) is 5.58. The molecule has 1 heterocycles. The standard InChI is InChI=1S/C14H14FNO3S/c1-7(14(18)19)8(2)16-13(17)12-6-9-5-10(15)3-4-11(9)20-12/h3-8H,1-2H3,(H,16,17)(H,18,19). The van der Waals surface area contributed by atoms with E-state index in [0.717, 1.165) is 4.70 Å². The maximum atomic E-state index is 13.1. The number of aliphatic carboxylic acids is 1. The Balaban J connectivity index is 2.17. The van der Waals surface area contributed by atoms with Crippen LogP contribution in [0, 0.1) is 11.7 Å². The highest BCUT2D eigenvalue weighted by Gasteiger charge is 2.22. The fourth-order valence-corrected chi connectivity index (χ4v) is 2.69. The summed E-state index contributed by atoms with van der Waals surface area (Å²) in [5.41, 5.74) is 0. The van der Waals surface area contributed by atoms with Crippen molar-refractivity contribution in [3.8, 4) is 0 Å². The van der Waals surface area contributed by atoms with Crippen molar-refractivity contribution in [2.45, 2.75) is 19.9 Å². The van der Waals surface area contributed by atoms with Crippen LogP contribution in [0.5, 0.6) is 0 Å². The summed E-state index contributed by atoms with van der Waals surface area (Å²) in [5, 5.41) is 12.2. The molecular formula is C14H14FNO3S. The van der Waals surface area contributed by atoms with E-state index in [9.17, 15) is 14.0 Å². The molecule has 0 bridgehead atoms. The van der Waals surface area contributed by atoms with Gasteiger partial charge in [-0.25, -0.2) is 4.39 Å². The number of hydrogen-bond donors (Lipinski definition) is 2. The second-order valence-electron chi connectivity index (χ2n) is 4.68. The van der Waals surface area contributed by atoms with Gasteiger partial charge in [0.15, 0.2) is 0 Å². The van der Waals surface area contributed by atoms with Gasteiger partial charge in [-0.1, -0.05) is 0 Å². The van der Waals surface area contributed by atoms with Crippen molar-refractivity contribution in [1.29, 1.82) is 0 Å². The minimum atomic E-state index is -0.962. The van der Waals surface area contributed by atoms with Crippen LogP contribution < -0.4 is 5.32 Å². The van der Waals surface area contributed by atoms with Crippen LogP contribution in [-0.2, 0) is 4.79 Å². The quantitative estimate of drug-likeness (QED) is 0.911. The Morgan fingerprint density at radius 2 is 2.00 bits per heavy atom. The van der Waals surface area contributed by atoms with Crippen LogP contribution >= 0.6 is 11.3 Å². The van der Waals surface area contributed by atoms with Crippen molar-refractivity contribution in [3.05, 3.63) is 35.0 Å². The number of thiophene rings is 1. The van der Waals surface area contributed by atoms with Crippen molar-refractivity contribution in [2.75, 3.05) is 0 Å². The lowest BCUT2D eigenvalue weighted by Crippen LogP contribution is -2.39. The third kappa shape index (κ3) is 2.96. The maximum Gasteiger partial charge on any atom is 0.308 e. The molecule has 1 aromatic carbocycles. The summed E-state index contributed by atoms with van der Waals surface area (Å²) in [6.45, 7) is 3.18. The van der Waals surface area contributed by atoms with Gasteiger partial charge in [-0.05, 0) is 43.5 Å². The van der Waals surface area contributed by atoms with Crippen LogP contribution in [0.4, 0.5) is 4.39 Å². The van der Waals surface area contributed by atoms with E-state index in [1.807, 2.05) is 0 Å². The molecule has 0 spiro atoms. The van der Waals surface area contributed by atoms with Crippen molar-refractivity contribution < 1.29 is 19.1 Å². The van der Waals surface area contributed by atoms with Gasteiger partial charge in [0.05, 0.1) is 10.8 Å². The van der Waals surface area contributed by atoms with Crippen LogP contribution in [0.1, 0.15) is 23.5 Å². The number of amides is 1. The first-order valence-corrected chi connectivity index (χ1v) is 6.93. The molecule has 6 heteroatoms. The fourth-order valence-electron chi connectivity index (χ4n) is 1.74. The molecule has 2 unspecified atom stereocenters. The normalized spacial score (nSPS) is 13.9. The third-order valence-corrected chi connectivity index (χ3v) is 4.32. The first kappa shape index (κ1) is 14.5. The van der Waals surface area contributed by atoms with Crippen molar-refractivity contribution in [2.24, 2.45) is 5.92 Å². The fraction of sp³-hybridized carbons (Fsp3) is 0.286. The first-order valence-electron chi connectivity index (χ1n) is 6.11. The number of nitrogens with one attached hydrogen (secondary N) is 1. The van der Waals surface area contributed by atoms with Gasteiger partial charge in [-0.2, -0.15) is 0 Å². The minimum Gasteiger partial charge on any atom is -0.481 e. The zero-order valence-electron chi connectivity index (χ0n) is 11.0. The van der Waals surface area contributed by atoms with Crippen LogP contribution in [0.25, 0.3) is 10.1 Å². The topological polar surface area (TPSA) is 66.4 Å². The van der Waals surface area contributed by atoms with Crippen LogP contribution in [-0.4, -0.2) is 23.0 Å². The maximum absolute atomic E-state index is 13.1. The molecule has 0 radical (unpaired) electrons. The summed E-state index contributed by atoms with van der Waals surface area (Å²) in [5.74, 6) is -2.33. The van der Waals surface area contributed by atoms with E-state index in [1.54, 1.807) is 19.1 Å². The molecule has 106 valence electrons. The Morgan fingerprint density at radius 3 is 2.65 bits per heavy atom. The van der Waals surface area contributed by atoms with E-state index in [4.69, 9.17) is 5.11 Å². The second-order valence-corrected chi connectivity index (χ2v) is 5.77. The van der Waals surface area contributed by atoms with Crippen LogP contribution in [0.2, 0.25) is 0 Å². The molecule has 0 saturated carbocycles. The number of carboxylic acid groups (broad SMARTS) is 1. The van der Waals surface area contributed by atoms with Gasteiger partial charge in [-0.15, -0.1) is 11.3 Å². The summed E-state index contributed by atoms with van der Waals surface area (Å²) < 4.78 is 13.9. The average molecular weight is 295 g/mol. The predicted octanol–water partition coefficient (Wildman–Crippen LogP) is 2.88. The van der Waals surface area contributed by atoms with Gasteiger partial charge in [-0.3, -0.25) is 9.59 Å². The largest absolute Gasteiger partial charge is 0.481 e. The van der Waals surface area contributed by atoms with Crippen molar-refractivity contribution >= 4 is 33.3 Å². The molecule has 2 rings (SSSR count). The van der Waals surface area contributed by atoms with Crippen LogP contribution in [0.15, 0.2) is 24.3 Å². The molecule has 2 atom stereocenters. The Bertz CT molecular complexity index is 667. The predicted molar refractivity (Wildman–Crippen MR) is 75.5 cm³/mol. The molecule has 2 N–H and O–H groups in total. The molecule has 2 aromatic rings. The minimum absolute atomic E-state index is 0.341. The summed E-state index contributed by atoms with van der Waals surface area (Å²) >= 11 is 1.25. The number of carbonyl (C=O) groups excluding carboxylic acids is 1. The highest BCUT2D eigenvalue weighted by Crippen LogP contribution is 2.26. The zero-order chi connectivity index (χ0) is 14.9. The number of carboxylic acids is 1. The highest BCUT2D eigenvalue weighted by atomic mass is 32.1. The summed E-state index contributed by atoms with van der Waals surface area (Å²) in [6.07, 6.45) is 0. The van der Waals surface area contributed by atoms with E-state index in [0.29, 0.717) is 10.3 Å². The summed E-state index contributed by atoms with van der Waals surface area (Å²) in [6, 6.07) is 5.45. The Morgan fingerprint density at radius 1 is 1.30 bits per heavy atom. The summed E-state index contributed by atoms with van der Waals surface area (Å²) in [7, 11) is 0. The van der Waals surface area contributed by atoms with Gasteiger partial charge in [0.25, 0.3) is 5.91 Å². The number of fused-ring (bicyclic) bond motifs is 1. The first-order chi connectivity index (χ1) is 9.38. The van der Waals surface area contributed by atoms with Crippen LogP contribution in [0.3, 0.4) is 0 Å². The van der Waals surface area contributed by atoms with Crippen molar-refractivity contribution in [3.63, 3.8) is 0 Å². The molecule has 0 fully saturated rings. The number of benzene rings is 1. The molecule has 20 heavy (non-hydrogen) atoms. The molecule has 4 nitrogen and oxygen atoms in total. The van der Waals surface area contributed by atoms with Gasteiger partial charge in [0.2, 0.25) is 0 Å². The number of rotatable bonds is 4. The molecule has 1 aromatic heterocycles. The lowest BCUT2D eigenvalue weighted by molar-refractivity contribution is -0.141. The van der Waals surface area contributed by atoms with E-state index in [-0.39, 0.29) is 11.7 Å². The lowest BCUT2D eigenvalue weighted by atomic mass is 10.0. The van der Waals surface area contributed by atoms with Gasteiger partial charge < -0.3 is 10.4 Å². The van der Waals surface area contributed by atoms with Crippen molar-refractivity contribution in [1.82, 2.24) is 5.32 Å². The van der Waals surface area contributed by atoms with E-state index < -0.39 is 17.9 Å². The SMILES string of the molecule is CC(NC(=O)c1cc2cc(F)ccc2s1)C(C)C(=O)O. The molecule has 0 aliphatic heterocycles. The monoisotopic (exact) mass is 295 g/mol. The van der Waals surface area contributed by atoms with E-state index >= 15 is 0 Å². The number of carbonyl (C=O) groups is 2. The van der Waals surface area contributed by atoms with Gasteiger partial charge in [0.1, 0.15) is 5.82 Å². The zero-order valence-corrected chi connectivity index (χ0v) is 11.8. The molecule has 0 aliphatic rings. The summed E-state index contributed by atoms with van der Waals surface area (Å²) in [4.78, 5) is 23.3. The molecule has 1 amide bonds. The Labute approximate surface area is 119 Å². The van der Waals surface area contributed by atoms with Gasteiger partial charge >= 0.3 is 5.97 Å². The Hall–Kier alpha value is -1.95. The molecule has 0 saturated heterocycles. The number of hydrogen-bond acceptors (Lipinski definition) is 3. The third-order valence-electron chi connectivity index (χ3n) is 3.20. The molecule has 0 aliphatic carbocycles. The smallest absolute Gasteiger partial charge is 0.308 e. The molecular weight excluding hydrogens is 281 g/mol. The van der Waals surface area contributed by atoms with E-state index in [1.165, 1.54) is 30.4 Å². The highest BCUT2D eigenvalue weighted by molar-refractivity contribution is 7.20. The van der Waals surface area contributed by atoms with Gasteiger partial charge in [0, 0.05) is 10.7 Å². The average Bonchev–Trinajstić information content (AvgIpc) is 2.80. The van der Waals surface area contributed by atoms with E-state index in [2.05, 4.69) is 5.32 Å². The lowest BCUT2D eigenvalue weighted by Gasteiger charge is -2.16. The number of halogens is 1. The Kier molecular flexibility index (Phi) is 4.04.